The summed E-state index contributed by atoms with van der Waals surface area (Å²) < 4.78 is 1.86. The third-order valence-electron chi connectivity index (χ3n) is 4.65. The first kappa shape index (κ1) is 16.5. The van der Waals surface area contributed by atoms with Crippen molar-refractivity contribution in [2.24, 2.45) is 5.92 Å². The van der Waals surface area contributed by atoms with E-state index in [2.05, 4.69) is 15.6 Å². The lowest BCUT2D eigenvalue weighted by Crippen LogP contribution is -2.31. The molecule has 132 valence electrons. The van der Waals surface area contributed by atoms with Gasteiger partial charge in [-0.1, -0.05) is 18.2 Å². The van der Waals surface area contributed by atoms with E-state index >= 15 is 0 Å². The summed E-state index contributed by atoms with van der Waals surface area (Å²) in [6.45, 7) is 2.12. The van der Waals surface area contributed by atoms with Crippen LogP contribution in [-0.4, -0.2) is 33.8 Å². The molecule has 1 fully saturated rings. The maximum absolute atomic E-state index is 12.4. The Morgan fingerprint density at radius 1 is 1.19 bits per heavy atom. The van der Waals surface area contributed by atoms with Crippen molar-refractivity contribution in [3.63, 3.8) is 0 Å². The Kier molecular flexibility index (Phi) is 4.75. The second-order valence-electron chi connectivity index (χ2n) is 6.43. The fourth-order valence-corrected chi connectivity index (χ4v) is 3.21. The van der Waals surface area contributed by atoms with Crippen molar-refractivity contribution in [2.75, 3.05) is 13.1 Å². The highest BCUT2D eigenvalue weighted by Crippen LogP contribution is 2.23. The Morgan fingerprint density at radius 3 is 2.73 bits per heavy atom. The number of rotatable bonds is 5. The third kappa shape index (κ3) is 3.50. The Morgan fingerprint density at radius 2 is 2.00 bits per heavy atom. The number of nitrogens with zero attached hydrogens (tertiary/aromatic N) is 3. The van der Waals surface area contributed by atoms with E-state index in [0.29, 0.717) is 6.54 Å². The smallest absolute Gasteiger partial charge is 0.224 e. The predicted octanol–water partition coefficient (Wildman–Crippen LogP) is 2.16. The summed E-state index contributed by atoms with van der Waals surface area (Å²) in [4.78, 5) is 16.4. The van der Waals surface area contributed by atoms with Gasteiger partial charge in [0.05, 0.1) is 17.3 Å². The Labute approximate surface area is 152 Å². The van der Waals surface area contributed by atoms with Gasteiger partial charge in [0.15, 0.2) is 0 Å². The molecule has 0 saturated carbocycles. The predicted molar refractivity (Wildman–Crippen MR) is 99.6 cm³/mol. The van der Waals surface area contributed by atoms with Crippen LogP contribution in [0.5, 0.6) is 0 Å². The van der Waals surface area contributed by atoms with E-state index < -0.39 is 0 Å². The minimum Gasteiger partial charge on any atom is -0.352 e. The number of carbonyl (C=O) groups is 1. The van der Waals surface area contributed by atoms with Crippen molar-refractivity contribution in [3.05, 3.63) is 66.6 Å². The summed E-state index contributed by atoms with van der Waals surface area (Å²) in [5.41, 5.74) is 3.82. The molecule has 2 N–H and O–H groups in total. The second-order valence-corrected chi connectivity index (χ2v) is 6.43. The van der Waals surface area contributed by atoms with Gasteiger partial charge < -0.3 is 10.6 Å². The molecule has 1 unspecified atom stereocenters. The SMILES string of the molecule is O=C(NCc1cn(-c2ccccc2)nc1-c1ccncc1)C1CCNC1. The molecule has 1 aromatic carbocycles. The molecule has 0 aliphatic carbocycles. The van der Waals surface area contributed by atoms with Gasteiger partial charge >= 0.3 is 0 Å². The van der Waals surface area contributed by atoms with Gasteiger partial charge in [-0.15, -0.1) is 0 Å². The van der Waals surface area contributed by atoms with Gasteiger partial charge in [-0.05, 0) is 37.2 Å². The summed E-state index contributed by atoms with van der Waals surface area (Å²) in [6, 6.07) is 13.8. The number of amides is 1. The van der Waals surface area contributed by atoms with Crippen molar-refractivity contribution < 1.29 is 4.79 Å². The van der Waals surface area contributed by atoms with Crippen LogP contribution in [0.25, 0.3) is 16.9 Å². The van der Waals surface area contributed by atoms with E-state index in [1.54, 1.807) is 12.4 Å². The Bertz CT molecular complexity index is 870. The molecule has 3 aromatic rings. The van der Waals surface area contributed by atoms with E-state index in [1.807, 2.05) is 53.3 Å². The molecule has 3 heterocycles. The van der Waals surface area contributed by atoms with Crippen LogP contribution >= 0.6 is 0 Å². The van der Waals surface area contributed by atoms with E-state index in [-0.39, 0.29) is 11.8 Å². The second kappa shape index (κ2) is 7.49. The fourth-order valence-electron chi connectivity index (χ4n) is 3.21. The number of nitrogens with one attached hydrogen (secondary N) is 2. The molecular formula is C20H21N5O. The first-order valence-corrected chi connectivity index (χ1v) is 8.84. The maximum atomic E-state index is 12.4. The summed E-state index contributed by atoms with van der Waals surface area (Å²) in [6.07, 6.45) is 6.39. The van der Waals surface area contributed by atoms with Crippen molar-refractivity contribution in [1.29, 1.82) is 0 Å². The molecule has 1 aliphatic rings. The van der Waals surface area contributed by atoms with Crippen LogP contribution in [0, 0.1) is 5.92 Å². The number of hydrogen-bond donors (Lipinski definition) is 2. The Hall–Kier alpha value is -2.99. The van der Waals surface area contributed by atoms with E-state index in [1.165, 1.54) is 0 Å². The summed E-state index contributed by atoms with van der Waals surface area (Å²) in [5.74, 6) is 0.159. The fraction of sp³-hybridized carbons (Fsp3) is 0.250. The van der Waals surface area contributed by atoms with Crippen molar-refractivity contribution >= 4 is 5.91 Å². The highest BCUT2D eigenvalue weighted by molar-refractivity contribution is 5.79. The highest BCUT2D eigenvalue weighted by Gasteiger charge is 2.22. The molecule has 2 aromatic heterocycles. The maximum Gasteiger partial charge on any atom is 0.224 e. The molecule has 1 atom stereocenters. The van der Waals surface area contributed by atoms with E-state index in [9.17, 15) is 4.79 Å². The van der Waals surface area contributed by atoms with E-state index in [0.717, 1.165) is 42.0 Å². The number of hydrogen-bond acceptors (Lipinski definition) is 4. The molecular weight excluding hydrogens is 326 g/mol. The van der Waals surface area contributed by atoms with Gasteiger partial charge in [0, 0.05) is 42.8 Å². The number of para-hydroxylation sites is 1. The first-order valence-electron chi connectivity index (χ1n) is 8.84. The molecule has 1 aliphatic heterocycles. The zero-order chi connectivity index (χ0) is 17.8. The van der Waals surface area contributed by atoms with Crippen molar-refractivity contribution in [2.45, 2.75) is 13.0 Å². The summed E-state index contributed by atoms with van der Waals surface area (Å²) in [5, 5.41) is 11.0. The van der Waals surface area contributed by atoms with Gasteiger partial charge in [0.1, 0.15) is 0 Å². The van der Waals surface area contributed by atoms with Crippen molar-refractivity contribution in [3.8, 4) is 16.9 Å². The van der Waals surface area contributed by atoms with E-state index in [4.69, 9.17) is 5.10 Å². The van der Waals surface area contributed by atoms with Gasteiger partial charge in [-0.3, -0.25) is 9.78 Å². The van der Waals surface area contributed by atoms with Crippen LogP contribution in [0.2, 0.25) is 0 Å². The van der Waals surface area contributed by atoms with Gasteiger partial charge in [-0.2, -0.15) is 5.10 Å². The van der Waals surface area contributed by atoms with Crippen molar-refractivity contribution in [1.82, 2.24) is 25.4 Å². The van der Waals surface area contributed by atoms with Crippen LogP contribution < -0.4 is 10.6 Å². The zero-order valence-corrected chi connectivity index (χ0v) is 14.4. The Balaban J connectivity index is 1.61. The number of pyridine rings is 1. The standard InChI is InChI=1S/C20H21N5O/c26-20(16-8-11-22-12-16)23-13-17-14-25(18-4-2-1-3-5-18)24-19(17)15-6-9-21-10-7-15/h1-7,9-10,14,16,22H,8,11-13H2,(H,23,26). The molecule has 0 bridgehead atoms. The van der Waals surface area contributed by atoms with Crippen LogP contribution in [0.1, 0.15) is 12.0 Å². The lowest BCUT2D eigenvalue weighted by Gasteiger charge is -2.09. The monoisotopic (exact) mass is 347 g/mol. The normalized spacial score (nSPS) is 16.5. The molecule has 0 radical (unpaired) electrons. The lowest BCUT2D eigenvalue weighted by atomic mass is 10.1. The minimum absolute atomic E-state index is 0.0588. The zero-order valence-electron chi connectivity index (χ0n) is 14.4. The summed E-state index contributed by atoms with van der Waals surface area (Å²) in [7, 11) is 0. The molecule has 26 heavy (non-hydrogen) atoms. The van der Waals surface area contributed by atoms with Crippen LogP contribution in [0.3, 0.4) is 0 Å². The highest BCUT2D eigenvalue weighted by atomic mass is 16.1. The average molecular weight is 347 g/mol. The molecule has 6 nitrogen and oxygen atoms in total. The molecule has 1 amide bonds. The largest absolute Gasteiger partial charge is 0.352 e. The average Bonchev–Trinajstić information content (AvgIpc) is 3.38. The molecule has 1 saturated heterocycles. The third-order valence-corrected chi connectivity index (χ3v) is 4.65. The van der Waals surface area contributed by atoms with Crippen LogP contribution in [-0.2, 0) is 11.3 Å². The molecule has 6 heteroatoms. The summed E-state index contributed by atoms with van der Waals surface area (Å²) >= 11 is 0. The molecule has 4 rings (SSSR count). The van der Waals surface area contributed by atoms with Gasteiger partial charge in [-0.25, -0.2) is 4.68 Å². The topological polar surface area (TPSA) is 71.8 Å². The van der Waals surface area contributed by atoms with Gasteiger partial charge in [0.2, 0.25) is 5.91 Å². The first-order chi connectivity index (χ1) is 12.8. The van der Waals surface area contributed by atoms with Crippen LogP contribution in [0.15, 0.2) is 61.1 Å². The number of benzene rings is 1. The molecule has 0 spiro atoms. The number of aromatic nitrogens is 3. The minimum atomic E-state index is 0.0588. The van der Waals surface area contributed by atoms with Gasteiger partial charge in [0.25, 0.3) is 0 Å². The quantitative estimate of drug-likeness (QED) is 0.742. The lowest BCUT2D eigenvalue weighted by molar-refractivity contribution is -0.124. The van der Waals surface area contributed by atoms with Crippen LogP contribution in [0.4, 0.5) is 0 Å². The number of carbonyl (C=O) groups excluding carboxylic acids is 1.